The molecule has 1 unspecified atom stereocenters. The van der Waals surface area contributed by atoms with Crippen LogP contribution in [0, 0.1) is 0 Å². The molecule has 0 aliphatic carbocycles. The van der Waals surface area contributed by atoms with E-state index in [0.717, 1.165) is 18.4 Å². The molecule has 0 fully saturated rings. The van der Waals surface area contributed by atoms with E-state index < -0.39 is 0 Å². The van der Waals surface area contributed by atoms with E-state index in [1.54, 1.807) is 11.9 Å². The minimum Gasteiger partial charge on any atom is -0.488 e. The first kappa shape index (κ1) is 14.6. The van der Waals surface area contributed by atoms with Crippen LogP contribution in [-0.2, 0) is 9.53 Å². The molecule has 4 heteroatoms. The summed E-state index contributed by atoms with van der Waals surface area (Å²) >= 11 is 0. The summed E-state index contributed by atoms with van der Waals surface area (Å²) in [7, 11) is 1.76. The number of aliphatic hydroxyl groups excluding tert-OH is 1. The lowest BCUT2D eigenvalue weighted by Crippen LogP contribution is -2.34. The lowest BCUT2D eigenvalue weighted by Gasteiger charge is -2.29. The van der Waals surface area contributed by atoms with E-state index in [2.05, 4.69) is 0 Å². The van der Waals surface area contributed by atoms with Crippen molar-refractivity contribution in [2.45, 2.75) is 25.3 Å². The zero-order chi connectivity index (χ0) is 14.4. The van der Waals surface area contributed by atoms with Gasteiger partial charge < -0.3 is 14.7 Å². The number of aliphatic hydroxyl groups is 1. The number of carbonyl (C=O) groups is 1. The summed E-state index contributed by atoms with van der Waals surface area (Å²) in [6.07, 6.45) is 4.20. The number of benzene rings is 1. The molecule has 108 valence electrons. The molecule has 0 aromatic heterocycles. The third kappa shape index (κ3) is 3.39. The molecule has 0 spiro atoms. The molecule has 0 saturated carbocycles. The Bertz CT molecular complexity index is 470. The molecule has 0 saturated heterocycles. The van der Waals surface area contributed by atoms with Crippen LogP contribution in [0.3, 0.4) is 0 Å². The summed E-state index contributed by atoms with van der Waals surface area (Å²) in [5.74, 6) is 0.310. The molecule has 1 aliphatic heterocycles. The molecule has 4 nitrogen and oxygen atoms in total. The molecule has 1 aromatic carbocycles. The highest BCUT2D eigenvalue weighted by molar-refractivity contribution is 5.91. The van der Waals surface area contributed by atoms with Crippen molar-refractivity contribution in [3.05, 3.63) is 47.7 Å². The van der Waals surface area contributed by atoms with Crippen LogP contribution in [0.4, 0.5) is 0 Å². The monoisotopic (exact) mass is 275 g/mol. The fraction of sp³-hybridized carbons (Fsp3) is 0.438. The fourth-order valence-corrected chi connectivity index (χ4v) is 2.40. The fourth-order valence-electron chi connectivity index (χ4n) is 2.40. The van der Waals surface area contributed by atoms with Crippen LogP contribution in [0.2, 0.25) is 0 Å². The molecule has 1 N–H and O–H groups in total. The van der Waals surface area contributed by atoms with Crippen LogP contribution in [0.5, 0.6) is 0 Å². The number of hydrogen-bond acceptors (Lipinski definition) is 3. The standard InChI is InChI=1S/C16H21NO3/c1-17(16(19)15-9-5-6-12-20-15)14(10-11-18)13-7-3-2-4-8-13/h2-4,7-9,14,18H,5-6,10-12H2,1H3. The molecular weight excluding hydrogens is 254 g/mol. The summed E-state index contributed by atoms with van der Waals surface area (Å²) in [6, 6.07) is 9.62. The van der Waals surface area contributed by atoms with Crippen molar-refractivity contribution in [2.75, 3.05) is 20.3 Å². The zero-order valence-corrected chi connectivity index (χ0v) is 11.8. The number of amides is 1. The average Bonchev–Trinajstić information content (AvgIpc) is 2.53. The van der Waals surface area contributed by atoms with Gasteiger partial charge in [-0.2, -0.15) is 0 Å². The molecular formula is C16H21NO3. The largest absolute Gasteiger partial charge is 0.488 e. The van der Waals surface area contributed by atoms with Gasteiger partial charge in [-0.1, -0.05) is 30.3 Å². The van der Waals surface area contributed by atoms with Gasteiger partial charge in [0.25, 0.3) is 5.91 Å². The van der Waals surface area contributed by atoms with E-state index in [1.807, 2.05) is 36.4 Å². The maximum atomic E-state index is 12.4. The minimum atomic E-state index is -0.139. The maximum absolute atomic E-state index is 12.4. The molecule has 20 heavy (non-hydrogen) atoms. The first-order chi connectivity index (χ1) is 9.74. The van der Waals surface area contributed by atoms with Gasteiger partial charge in [-0.05, 0) is 30.9 Å². The Balaban J connectivity index is 2.16. The number of rotatable bonds is 5. The number of allylic oxidation sites excluding steroid dienone is 1. The molecule has 0 radical (unpaired) electrons. The maximum Gasteiger partial charge on any atom is 0.288 e. The Morgan fingerprint density at radius 3 is 2.75 bits per heavy atom. The second kappa shape index (κ2) is 7.10. The Morgan fingerprint density at radius 1 is 1.40 bits per heavy atom. The van der Waals surface area contributed by atoms with Crippen LogP contribution >= 0.6 is 0 Å². The van der Waals surface area contributed by atoms with Gasteiger partial charge in [0.2, 0.25) is 0 Å². The first-order valence-corrected chi connectivity index (χ1v) is 7.00. The van der Waals surface area contributed by atoms with E-state index in [-0.39, 0.29) is 18.6 Å². The topological polar surface area (TPSA) is 49.8 Å². The van der Waals surface area contributed by atoms with Crippen molar-refractivity contribution in [3.8, 4) is 0 Å². The highest BCUT2D eigenvalue weighted by Gasteiger charge is 2.25. The van der Waals surface area contributed by atoms with Gasteiger partial charge in [-0.3, -0.25) is 4.79 Å². The van der Waals surface area contributed by atoms with Crippen LogP contribution in [0.15, 0.2) is 42.2 Å². The summed E-state index contributed by atoms with van der Waals surface area (Å²) < 4.78 is 5.43. The van der Waals surface area contributed by atoms with Crippen molar-refractivity contribution in [3.63, 3.8) is 0 Å². The smallest absolute Gasteiger partial charge is 0.288 e. The van der Waals surface area contributed by atoms with E-state index in [4.69, 9.17) is 4.74 Å². The first-order valence-electron chi connectivity index (χ1n) is 7.00. The molecule has 1 amide bonds. The number of nitrogens with zero attached hydrogens (tertiary/aromatic N) is 1. The SMILES string of the molecule is CN(C(=O)C1=CCCCO1)C(CCO)c1ccccc1. The predicted molar refractivity (Wildman–Crippen MR) is 76.9 cm³/mol. The summed E-state index contributed by atoms with van der Waals surface area (Å²) in [5, 5.41) is 9.26. The third-order valence-electron chi connectivity index (χ3n) is 3.52. The Kier molecular flexibility index (Phi) is 5.18. The third-order valence-corrected chi connectivity index (χ3v) is 3.52. The highest BCUT2D eigenvalue weighted by atomic mass is 16.5. The molecule has 2 rings (SSSR count). The van der Waals surface area contributed by atoms with Crippen molar-refractivity contribution in [1.82, 2.24) is 4.90 Å². The van der Waals surface area contributed by atoms with Gasteiger partial charge in [0, 0.05) is 13.7 Å². The molecule has 1 atom stereocenters. The Labute approximate surface area is 119 Å². The van der Waals surface area contributed by atoms with Crippen LogP contribution in [-0.4, -0.2) is 36.2 Å². The summed E-state index contributed by atoms with van der Waals surface area (Å²) in [4.78, 5) is 14.1. The van der Waals surface area contributed by atoms with Gasteiger partial charge in [0.1, 0.15) is 0 Å². The van der Waals surface area contributed by atoms with E-state index in [0.29, 0.717) is 18.8 Å². The Hall–Kier alpha value is -1.81. The quantitative estimate of drug-likeness (QED) is 0.896. The lowest BCUT2D eigenvalue weighted by atomic mass is 10.0. The summed E-state index contributed by atoms with van der Waals surface area (Å²) in [5.41, 5.74) is 1.02. The number of likely N-dealkylation sites (N-methyl/N-ethyl adjacent to an activating group) is 1. The van der Waals surface area contributed by atoms with Gasteiger partial charge in [0.05, 0.1) is 12.6 Å². The molecule has 0 bridgehead atoms. The second-order valence-electron chi connectivity index (χ2n) is 4.91. The highest BCUT2D eigenvalue weighted by Crippen LogP contribution is 2.25. The van der Waals surface area contributed by atoms with E-state index in [9.17, 15) is 9.90 Å². The van der Waals surface area contributed by atoms with Crippen LogP contribution in [0.1, 0.15) is 30.9 Å². The van der Waals surface area contributed by atoms with Crippen molar-refractivity contribution < 1.29 is 14.6 Å². The number of carbonyl (C=O) groups excluding carboxylic acids is 1. The van der Waals surface area contributed by atoms with Gasteiger partial charge in [-0.15, -0.1) is 0 Å². The van der Waals surface area contributed by atoms with E-state index >= 15 is 0 Å². The molecule has 1 aromatic rings. The van der Waals surface area contributed by atoms with Crippen LogP contribution in [0.25, 0.3) is 0 Å². The van der Waals surface area contributed by atoms with E-state index in [1.165, 1.54) is 0 Å². The molecule has 1 heterocycles. The average molecular weight is 275 g/mol. The predicted octanol–water partition coefficient (Wildman–Crippen LogP) is 2.26. The normalized spacial score (nSPS) is 16.0. The van der Waals surface area contributed by atoms with Gasteiger partial charge >= 0.3 is 0 Å². The van der Waals surface area contributed by atoms with Crippen LogP contribution < -0.4 is 0 Å². The van der Waals surface area contributed by atoms with Crippen molar-refractivity contribution in [1.29, 1.82) is 0 Å². The molecule has 1 aliphatic rings. The number of hydrogen-bond donors (Lipinski definition) is 1. The second-order valence-corrected chi connectivity index (χ2v) is 4.91. The van der Waals surface area contributed by atoms with Gasteiger partial charge in [-0.25, -0.2) is 0 Å². The number of ether oxygens (including phenoxy) is 1. The van der Waals surface area contributed by atoms with Crippen molar-refractivity contribution in [2.24, 2.45) is 0 Å². The lowest BCUT2D eigenvalue weighted by molar-refractivity contribution is -0.132. The van der Waals surface area contributed by atoms with Crippen molar-refractivity contribution >= 4 is 5.91 Å². The Morgan fingerprint density at radius 2 is 2.15 bits per heavy atom. The summed E-state index contributed by atoms with van der Waals surface area (Å²) in [6.45, 7) is 0.637. The minimum absolute atomic E-state index is 0.0388. The van der Waals surface area contributed by atoms with Gasteiger partial charge in [0.15, 0.2) is 5.76 Å². The zero-order valence-electron chi connectivity index (χ0n) is 11.8.